The van der Waals surface area contributed by atoms with Crippen molar-refractivity contribution in [2.24, 2.45) is 0 Å². The summed E-state index contributed by atoms with van der Waals surface area (Å²) >= 11 is 0. The summed E-state index contributed by atoms with van der Waals surface area (Å²) in [4.78, 5) is 4.06. The van der Waals surface area contributed by atoms with Crippen molar-refractivity contribution < 1.29 is 9.47 Å². The SMILES string of the molecule is CCOCCCOCCCCCCCCCCC#Cc1cccnc1. The normalized spacial score (nSPS) is 10.4. The first-order valence-electron chi connectivity index (χ1n) is 9.98. The van der Waals surface area contributed by atoms with Gasteiger partial charge in [0.1, 0.15) is 0 Å². The van der Waals surface area contributed by atoms with Crippen LogP contribution in [0.4, 0.5) is 0 Å². The molecule has 0 fully saturated rings. The molecule has 25 heavy (non-hydrogen) atoms. The van der Waals surface area contributed by atoms with E-state index in [0.717, 1.165) is 44.8 Å². The molecule has 0 radical (unpaired) electrons. The van der Waals surface area contributed by atoms with Gasteiger partial charge in [0.2, 0.25) is 0 Å². The summed E-state index contributed by atoms with van der Waals surface area (Å²) in [6.07, 6.45) is 16.0. The molecule has 0 aliphatic carbocycles. The van der Waals surface area contributed by atoms with Gasteiger partial charge in [-0.2, -0.15) is 0 Å². The van der Waals surface area contributed by atoms with Crippen molar-refractivity contribution in [2.45, 2.75) is 71.1 Å². The lowest BCUT2D eigenvalue weighted by Crippen LogP contribution is -2.01. The van der Waals surface area contributed by atoms with Gasteiger partial charge in [0.05, 0.1) is 0 Å². The van der Waals surface area contributed by atoms with Gasteiger partial charge in [-0.1, -0.05) is 50.4 Å². The maximum absolute atomic E-state index is 5.60. The van der Waals surface area contributed by atoms with E-state index in [9.17, 15) is 0 Å². The maximum atomic E-state index is 5.60. The second kappa shape index (κ2) is 17.5. The van der Waals surface area contributed by atoms with Crippen molar-refractivity contribution in [2.75, 3.05) is 26.4 Å². The second-order valence-corrected chi connectivity index (χ2v) is 6.28. The van der Waals surface area contributed by atoms with E-state index in [1.54, 1.807) is 6.20 Å². The van der Waals surface area contributed by atoms with Crippen LogP contribution in [0.1, 0.15) is 76.7 Å². The van der Waals surface area contributed by atoms with Crippen LogP contribution in [0, 0.1) is 11.8 Å². The van der Waals surface area contributed by atoms with Crippen LogP contribution in [0.15, 0.2) is 24.5 Å². The molecule has 0 N–H and O–H groups in total. The Kier molecular flexibility index (Phi) is 15.1. The van der Waals surface area contributed by atoms with Crippen molar-refractivity contribution in [3.8, 4) is 11.8 Å². The zero-order valence-electron chi connectivity index (χ0n) is 16.0. The van der Waals surface area contributed by atoms with Crippen LogP contribution in [0.3, 0.4) is 0 Å². The minimum absolute atomic E-state index is 0.804. The fourth-order valence-electron chi connectivity index (χ4n) is 2.59. The Hall–Kier alpha value is -1.37. The number of aromatic nitrogens is 1. The van der Waals surface area contributed by atoms with Crippen molar-refractivity contribution in [1.82, 2.24) is 4.98 Å². The first-order chi connectivity index (χ1) is 12.4. The molecule has 0 unspecified atom stereocenters. The molecule has 3 nitrogen and oxygen atoms in total. The molecule has 0 bridgehead atoms. The van der Waals surface area contributed by atoms with Crippen molar-refractivity contribution in [1.29, 1.82) is 0 Å². The number of nitrogens with zero attached hydrogens (tertiary/aromatic N) is 1. The van der Waals surface area contributed by atoms with E-state index in [2.05, 4.69) is 16.8 Å². The number of pyridine rings is 1. The van der Waals surface area contributed by atoms with Gasteiger partial charge in [-0.25, -0.2) is 0 Å². The molecule has 0 aromatic carbocycles. The quantitative estimate of drug-likeness (QED) is 0.315. The molecule has 0 atom stereocenters. The Morgan fingerprint density at radius 3 is 2.24 bits per heavy atom. The van der Waals surface area contributed by atoms with Gasteiger partial charge < -0.3 is 9.47 Å². The van der Waals surface area contributed by atoms with Crippen LogP contribution in [0.2, 0.25) is 0 Å². The summed E-state index contributed by atoms with van der Waals surface area (Å²) in [6, 6.07) is 3.94. The largest absolute Gasteiger partial charge is 0.382 e. The van der Waals surface area contributed by atoms with Crippen LogP contribution in [-0.2, 0) is 9.47 Å². The Morgan fingerprint density at radius 1 is 0.840 bits per heavy atom. The van der Waals surface area contributed by atoms with Crippen LogP contribution in [0.25, 0.3) is 0 Å². The molecule has 0 amide bonds. The molecule has 1 aromatic heterocycles. The van der Waals surface area contributed by atoms with Crippen LogP contribution >= 0.6 is 0 Å². The third kappa shape index (κ3) is 14.7. The summed E-state index contributed by atoms with van der Waals surface area (Å²) in [5.41, 5.74) is 1.01. The van der Waals surface area contributed by atoms with Gasteiger partial charge in [-0.3, -0.25) is 4.98 Å². The lowest BCUT2D eigenvalue weighted by Gasteiger charge is -2.04. The molecule has 3 heteroatoms. The highest BCUT2D eigenvalue weighted by Gasteiger charge is 1.93. The Bertz CT molecular complexity index is 450. The van der Waals surface area contributed by atoms with E-state index in [1.165, 1.54) is 51.4 Å². The molecule has 1 aromatic rings. The molecular weight excluding hydrogens is 310 g/mol. The van der Waals surface area contributed by atoms with Gasteiger partial charge in [-0.05, 0) is 38.3 Å². The second-order valence-electron chi connectivity index (χ2n) is 6.28. The minimum Gasteiger partial charge on any atom is -0.382 e. The van der Waals surface area contributed by atoms with Gasteiger partial charge in [0.25, 0.3) is 0 Å². The smallest absolute Gasteiger partial charge is 0.0487 e. The highest BCUT2D eigenvalue weighted by molar-refractivity contribution is 5.30. The summed E-state index contributed by atoms with van der Waals surface area (Å²) < 4.78 is 10.9. The Balaban J connectivity index is 1.76. The number of hydrogen-bond acceptors (Lipinski definition) is 3. The summed E-state index contributed by atoms with van der Waals surface area (Å²) in [6.45, 7) is 5.40. The monoisotopic (exact) mass is 345 g/mol. The van der Waals surface area contributed by atoms with Gasteiger partial charge in [0, 0.05) is 50.8 Å². The van der Waals surface area contributed by atoms with Crippen molar-refractivity contribution in [3.05, 3.63) is 30.1 Å². The molecule has 140 valence electrons. The summed E-state index contributed by atoms with van der Waals surface area (Å²) in [5, 5.41) is 0. The Labute approximate surface area is 154 Å². The van der Waals surface area contributed by atoms with E-state index in [0.29, 0.717) is 0 Å². The third-order valence-electron chi connectivity index (χ3n) is 4.02. The Morgan fingerprint density at radius 2 is 1.52 bits per heavy atom. The van der Waals surface area contributed by atoms with E-state index in [1.807, 2.05) is 25.3 Å². The van der Waals surface area contributed by atoms with Gasteiger partial charge in [0.15, 0.2) is 0 Å². The number of unbranched alkanes of at least 4 members (excludes halogenated alkanes) is 8. The maximum Gasteiger partial charge on any atom is 0.0487 e. The number of ether oxygens (including phenoxy) is 2. The average molecular weight is 346 g/mol. The summed E-state index contributed by atoms with van der Waals surface area (Å²) in [5.74, 6) is 6.40. The van der Waals surface area contributed by atoms with Crippen molar-refractivity contribution >= 4 is 0 Å². The summed E-state index contributed by atoms with van der Waals surface area (Å²) in [7, 11) is 0. The predicted molar refractivity (Wildman–Crippen MR) is 105 cm³/mol. The molecule has 1 heterocycles. The lowest BCUT2D eigenvalue weighted by molar-refractivity contribution is 0.0860. The van der Waals surface area contributed by atoms with Crippen molar-refractivity contribution in [3.63, 3.8) is 0 Å². The average Bonchev–Trinajstić information content (AvgIpc) is 2.65. The molecule has 0 aliphatic rings. The highest BCUT2D eigenvalue weighted by atomic mass is 16.5. The topological polar surface area (TPSA) is 31.4 Å². The van der Waals surface area contributed by atoms with Gasteiger partial charge in [-0.15, -0.1) is 0 Å². The molecule has 0 saturated heterocycles. The molecule has 1 rings (SSSR count). The molecule has 0 aliphatic heterocycles. The zero-order chi connectivity index (χ0) is 17.8. The standard InChI is InChI=1S/C22H35NO2/c1-2-24-19-14-20-25-18-12-10-8-6-4-3-5-7-9-11-15-22-16-13-17-23-21-22/h13,16-17,21H,2-10,12,14,18-20H2,1H3. The van der Waals surface area contributed by atoms with E-state index in [4.69, 9.17) is 9.47 Å². The molecule has 0 saturated carbocycles. The van der Waals surface area contributed by atoms with Crippen LogP contribution < -0.4 is 0 Å². The minimum atomic E-state index is 0.804. The van der Waals surface area contributed by atoms with E-state index >= 15 is 0 Å². The molecule has 0 spiro atoms. The van der Waals surface area contributed by atoms with Crippen LogP contribution in [-0.4, -0.2) is 31.4 Å². The lowest BCUT2D eigenvalue weighted by atomic mass is 10.1. The first kappa shape index (κ1) is 21.7. The predicted octanol–water partition coefficient (Wildman–Crippen LogP) is 5.39. The van der Waals surface area contributed by atoms with Gasteiger partial charge >= 0.3 is 0 Å². The van der Waals surface area contributed by atoms with Crippen LogP contribution in [0.5, 0.6) is 0 Å². The third-order valence-corrected chi connectivity index (χ3v) is 4.02. The fourth-order valence-corrected chi connectivity index (χ4v) is 2.59. The number of rotatable bonds is 15. The first-order valence-corrected chi connectivity index (χ1v) is 9.98. The molecular formula is C22H35NO2. The van der Waals surface area contributed by atoms with E-state index < -0.39 is 0 Å². The van der Waals surface area contributed by atoms with E-state index in [-0.39, 0.29) is 0 Å². The highest BCUT2D eigenvalue weighted by Crippen LogP contribution is 2.09. The number of hydrogen-bond donors (Lipinski definition) is 0. The fraction of sp³-hybridized carbons (Fsp3) is 0.682. The zero-order valence-corrected chi connectivity index (χ0v) is 16.0.